The molecule has 1 heterocycles. The van der Waals surface area contributed by atoms with Crippen LogP contribution in [0.15, 0.2) is 18.2 Å². The summed E-state index contributed by atoms with van der Waals surface area (Å²) in [6, 6.07) is 5.83. The lowest BCUT2D eigenvalue weighted by Crippen LogP contribution is -2.37. The van der Waals surface area contributed by atoms with Gasteiger partial charge in [-0.3, -0.25) is 9.59 Å². The Kier molecular flexibility index (Phi) is 2.78. The molecular weight excluding hydrogens is 242 g/mol. The number of hydrogen-bond acceptors (Lipinski definition) is 3. The number of nitrogens with two attached hydrogens (primary N) is 1. The summed E-state index contributed by atoms with van der Waals surface area (Å²) in [5.74, 6) is 0.0692. The second-order valence-corrected chi connectivity index (χ2v) is 5.22. The molecule has 1 aromatic carbocycles. The van der Waals surface area contributed by atoms with Gasteiger partial charge in [0.15, 0.2) is 0 Å². The van der Waals surface area contributed by atoms with Gasteiger partial charge in [0.2, 0.25) is 11.8 Å². The summed E-state index contributed by atoms with van der Waals surface area (Å²) in [5.41, 5.74) is 7.88. The summed E-state index contributed by atoms with van der Waals surface area (Å²) in [7, 11) is 0. The highest BCUT2D eigenvalue weighted by molar-refractivity contribution is 5.99. The highest BCUT2D eigenvalue weighted by Gasteiger charge is 2.51. The van der Waals surface area contributed by atoms with Gasteiger partial charge in [0.05, 0.1) is 11.8 Å². The minimum Gasteiger partial charge on any atom is -0.354 e. The van der Waals surface area contributed by atoms with Crippen LogP contribution in [0.25, 0.3) is 0 Å². The Hall–Kier alpha value is -1.88. The van der Waals surface area contributed by atoms with Crippen LogP contribution in [0.4, 0.5) is 5.69 Å². The second kappa shape index (κ2) is 4.35. The normalized spacial score (nSPS) is 18.7. The lowest BCUT2D eigenvalue weighted by molar-refractivity contribution is -0.123. The third-order valence-corrected chi connectivity index (χ3v) is 3.90. The summed E-state index contributed by atoms with van der Waals surface area (Å²) in [4.78, 5) is 23.5. The SMILES string of the molecule is NCCNC(=O)C1(c2ccc3c(c2)CC(=O)N3)CC1. The van der Waals surface area contributed by atoms with Crippen LogP contribution in [0.2, 0.25) is 0 Å². The first-order valence-electron chi connectivity index (χ1n) is 6.57. The Balaban J connectivity index is 1.85. The van der Waals surface area contributed by atoms with E-state index in [0.717, 1.165) is 29.7 Å². The van der Waals surface area contributed by atoms with E-state index < -0.39 is 5.41 Å². The van der Waals surface area contributed by atoms with E-state index in [-0.39, 0.29) is 11.8 Å². The van der Waals surface area contributed by atoms with Crippen molar-refractivity contribution in [1.29, 1.82) is 0 Å². The molecule has 0 saturated heterocycles. The van der Waals surface area contributed by atoms with E-state index in [0.29, 0.717) is 19.5 Å². The summed E-state index contributed by atoms with van der Waals surface area (Å²) in [6.45, 7) is 0.954. The van der Waals surface area contributed by atoms with E-state index in [2.05, 4.69) is 10.6 Å². The molecule has 2 aliphatic rings. The monoisotopic (exact) mass is 259 g/mol. The summed E-state index contributed by atoms with van der Waals surface area (Å²) in [6.07, 6.45) is 2.14. The van der Waals surface area contributed by atoms with Crippen molar-refractivity contribution in [2.45, 2.75) is 24.7 Å². The fourth-order valence-electron chi connectivity index (χ4n) is 2.65. The number of carbonyl (C=O) groups excluding carboxylic acids is 2. The molecule has 1 saturated carbocycles. The first kappa shape index (κ1) is 12.2. The molecule has 5 heteroatoms. The van der Waals surface area contributed by atoms with Crippen LogP contribution in [0.5, 0.6) is 0 Å². The Morgan fingerprint density at radius 1 is 1.42 bits per heavy atom. The third-order valence-electron chi connectivity index (χ3n) is 3.90. The number of amides is 2. The van der Waals surface area contributed by atoms with Crippen LogP contribution in [0, 0.1) is 0 Å². The second-order valence-electron chi connectivity index (χ2n) is 5.22. The highest BCUT2D eigenvalue weighted by Crippen LogP contribution is 2.49. The van der Waals surface area contributed by atoms with E-state index in [1.165, 1.54) is 0 Å². The van der Waals surface area contributed by atoms with Crippen molar-refractivity contribution in [3.8, 4) is 0 Å². The minimum absolute atomic E-state index is 0.0181. The number of nitrogens with one attached hydrogen (secondary N) is 2. The van der Waals surface area contributed by atoms with Crippen LogP contribution >= 0.6 is 0 Å². The third kappa shape index (κ3) is 2.00. The van der Waals surface area contributed by atoms with E-state index in [1.54, 1.807) is 0 Å². The lowest BCUT2D eigenvalue weighted by atomic mass is 9.92. The molecule has 4 N–H and O–H groups in total. The molecule has 1 aliphatic carbocycles. The van der Waals surface area contributed by atoms with Crippen LogP contribution < -0.4 is 16.4 Å². The molecule has 19 heavy (non-hydrogen) atoms. The zero-order valence-electron chi connectivity index (χ0n) is 10.7. The molecular formula is C14H17N3O2. The topological polar surface area (TPSA) is 84.2 Å². The molecule has 0 bridgehead atoms. The first-order chi connectivity index (χ1) is 9.15. The van der Waals surface area contributed by atoms with Gasteiger partial charge in [-0.1, -0.05) is 12.1 Å². The number of fused-ring (bicyclic) bond motifs is 1. The van der Waals surface area contributed by atoms with Crippen molar-refractivity contribution < 1.29 is 9.59 Å². The largest absolute Gasteiger partial charge is 0.354 e. The molecule has 1 fully saturated rings. The maximum Gasteiger partial charge on any atom is 0.230 e. The van der Waals surface area contributed by atoms with Crippen molar-refractivity contribution in [2.75, 3.05) is 18.4 Å². The summed E-state index contributed by atoms with van der Waals surface area (Å²) >= 11 is 0. The van der Waals surface area contributed by atoms with Gasteiger partial charge < -0.3 is 16.4 Å². The first-order valence-corrected chi connectivity index (χ1v) is 6.57. The van der Waals surface area contributed by atoms with Gasteiger partial charge in [-0.15, -0.1) is 0 Å². The Labute approximate surface area is 111 Å². The van der Waals surface area contributed by atoms with Crippen molar-refractivity contribution in [2.24, 2.45) is 5.73 Å². The van der Waals surface area contributed by atoms with Crippen LogP contribution in [0.3, 0.4) is 0 Å². The van der Waals surface area contributed by atoms with Crippen LogP contribution in [0.1, 0.15) is 24.0 Å². The van der Waals surface area contributed by atoms with E-state index in [9.17, 15) is 9.59 Å². The average Bonchev–Trinajstić information content (AvgIpc) is 3.12. The van der Waals surface area contributed by atoms with E-state index in [1.807, 2.05) is 18.2 Å². The van der Waals surface area contributed by atoms with Crippen LogP contribution in [-0.4, -0.2) is 24.9 Å². The predicted molar refractivity (Wildman–Crippen MR) is 71.8 cm³/mol. The van der Waals surface area contributed by atoms with Crippen molar-refractivity contribution in [1.82, 2.24) is 5.32 Å². The smallest absolute Gasteiger partial charge is 0.230 e. The summed E-state index contributed by atoms with van der Waals surface area (Å²) < 4.78 is 0. The molecule has 0 unspecified atom stereocenters. The molecule has 1 aliphatic heterocycles. The zero-order valence-corrected chi connectivity index (χ0v) is 10.7. The molecule has 2 amide bonds. The highest BCUT2D eigenvalue weighted by atomic mass is 16.2. The molecule has 0 radical (unpaired) electrons. The van der Waals surface area contributed by atoms with Crippen LogP contribution in [-0.2, 0) is 21.4 Å². The molecule has 0 atom stereocenters. The fourth-order valence-corrected chi connectivity index (χ4v) is 2.65. The molecule has 0 spiro atoms. The lowest BCUT2D eigenvalue weighted by Gasteiger charge is -2.16. The fraction of sp³-hybridized carbons (Fsp3) is 0.429. The Morgan fingerprint density at radius 2 is 2.21 bits per heavy atom. The van der Waals surface area contributed by atoms with Gasteiger partial charge in [0.25, 0.3) is 0 Å². The van der Waals surface area contributed by atoms with E-state index in [4.69, 9.17) is 5.73 Å². The number of carbonyl (C=O) groups is 2. The number of benzene rings is 1. The average molecular weight is 259 g/mol. The van der Waals surface area contributed by atoms with Crippen molar-refractivity contribution in [3.05, 3.63) is 29.3 Å². The summed E-state index contributed by atoms with van der Waals surface area (Å²) in [5, 5.41) is 5.67. The van der Waals surface area contributed by atoms with Gasteiger partial charge in [-0.25, -0.2) is 0 Å². The standard InChI is InChI=1S/C14H17N3O2/c15-5-6-16-13(19)14(3-4-14)10-1-2-11-9(7-10)8-12(18)17-11/h1-2,7H,3-6,8,15H2,(H,16,19)(H,17,18). The number of hydrogen-bond donors (Lipinski definition) is 3. The molecule has 5 nitrogen and oxygen atoms in total. The van der Waals surface area contributed by atoms with Crippen molar-refractivity contribution in [3.63, 3.8) is 0 Å². The van der Waals surface area contributed by atoms with Gasteiger partial charge in [-0.05, 0) is 30.0 Å². The molecule has 0 aromatic heterocycles. The quantitative estimate of drug-likeness (QED) is 0.726. The zero-order chi connectivity index (χ0) is 13.5. The molecule has 100 valence electrons. The van der Waals surface area contributed by atoms with Gasteiger partial charge in [0.1, 0.15) is 0 Å². The molecule has 1 aromatic rings. The maximum absolute atomic E-state index is 12.2. The number of anilines is 1. The minimum atomic E-state index is -0.393. The predicted octanol–water partition coefficient (Wildman–Crippen LogP) is 0.288. The van der Waals surface area contributed by atoms with Crippen molar-refractivity contribution >= 4 is 17.5 Å². The molecule has 3 rings (SSSR count). The van der Waals surface area contributed by atoms with Gasteiger partial charge >= 0.3 is 0 Å². The maximum atomic E-state index is 12.2. The van der Waals surface area contributed by atoms with Gasteiger partial charge in [-0.2, -0.15) is 0 Å². The number of rotatable bonds is 4. The Morgan fingerprint density at radius 3 is 2.89 bits per heavy atom. The Bertz CT molecular complexity index is 550. The van der Waals surface area contributed by atoms with Gasteiger partial charge in [0, 0.05) is 18.8 Å². The van der Waals surface area contributed by atoms with E-state index >= 15 is 0 Å².